The van der Waals surface area contributed by atoms with Crippen molar-refractivity contribution in [1.29, 1.82) is 0 Å². The maximum absolute atomic E-state index is 12.6. The number of hydrogen-bond acceptors (Lipinski definition) is 4. The molecule has 1 amide bonds. The molecule has 1 unspecified atom stereocenters. The number of nitrogens with two attached hydrogens (primary N) is 1. The van der Waals surface area contributed by atoms with Crippen molar-refractivity contribution in [3.63, 3.8) is 0 Å². The van der Waals surface area contributed by atoms with Crippen LogP contribution in [0.2, 0.25) is 0 Å². The van der Waals surface area contributed by atoms with E-state index in [0.29, 0.717) is 0 Å². The van der Waals surface area contributed by atoms with Gasteiger partial charge in [0.2, 0.25) is 0 Å². The first-order valence-corrected chi connectivity index (χ1v) is 7.94. The second kappa shape index (κ2) is 5.11. The molecule has 1 aliphatic rings. The molecule has 0 bridgehead atoms. The van der Waals surface area contributed by atoms with Crippen molar-refractivity contribution < 1.29 is 4.79 Å². The van der Waals surface area contributed by atoms with Crippen LogP contribution >= 0.6 is 11.3 Å². The smallest absolute Gasteiger partial charge is 0.265 e. The number of piperidine rings is 1. The predicted octanol–water partition coefficient (Wildman–Crippen LogP) is 2.64. The molecule has 1 saturated heterocycles. The number of thiazole rings is 1. The zero-order valence-corrected chi connectivity index (χ0v) is 13.9. The molecule has 0 aromatic carbocycles. The Labute approximate surface area is 125 Å². The summed E-state index contributed by atoms with van der Waals surface area (Å²) in [5, 5.41) is 1.01. The minimum atomic E-state index is -0.0224. The van der Waals surface area contributed by atoms with Crippen molar-refractivity contribution >= 4 is 17.2 Å². The lowest BCUT2D eigenvalue weighted by Gasteiger charge is -2.42. The van der Waals surface area contributed by atoms with Crippen molar-refractivity contribution in [3.05, 3.63) is 16.1 Å². The Hall–Kier alpha value is -0.940. The van der Waals surface area contributed by atoms with Crippen LogP contribution < -0.4 is 5.73 Å². The van der Waals surface area contributed by atoms with E-state index in [2.05, 4.69) is 39.6 Å². The van der Waals surface area contributed by atoms with Gasteiger partial charge in [-0.3, -0.25) is 4.79 Å². The van der Waals surface area contributed by atoms with E-state index in [4.69, 9.17) is 5.73 Å². The number of likely N-dealkylation sites (tertiary alicyclic amines) is 1. The highest BCUT2D eigenvalue weighted by Gasteiger charge is 2.36. The lowest BCUT2D eigenvalue weighted by molar-refractivity contribution is 0.0537. The van der Waals surface area contributed by atoms with Crippen molar-refractivity contribution in [2.75, 3.05) is 13.1 Å². The zero-order valence-electron chi connectivity index (χ0n) is 13.1. The largest absolute Gasteiger partial charge is 0.337 e. The van der Waals surface area contributed by atoms with Crippen LogP contribution in [0.4, 0.5) is 0 Å². The van der Waals surface area contributed by atoms with Crippen LogP contribution in [0.25, 0.3) is 0 Å². The van der Waals surface area contributed by atoms with Gasteiger partial charge in [0, 0.05) is 24.5 Å². The van der Waals surface area contributed by atoms with Gasteiger partial charge in [0.05, 0.1) is 11.2 Å². The van der Waals surface area contributed by atoms with Gasteiger partial charge in [0.1, 0.15) is 4.88 Å². The number of nitrogens with zero attached hydrogens (tertiary/aromatic N) is 2. The molecule has 2 heterocycles. The third kappa shape index (κ3) is 3.04. The summed E-state index contributed by atoms with van der Waals surface area (Å²) in [5.74, 6) is 0.0953. The van der Waals surface area contributed by atoms with Gasteiger partial charge in [-0.15, -0.1) is 11.3 Å². The molecule has 0 saturated carbocycles. The summed E-state index contributed by atoms with van der Waals surface area (Å²) in [6.45, 7) is 12.1. The fourth-order valence-electron chi connectivity index (χ4n) is 2.42. The van der Waals surface area contributed by atoms with E-state index in [1.54, 1.807) is 6.20 Å². The first-order valence-electron chi connectivity index (χ1n) is 7.12. The van der Waals surface area contributed by atoms with Gasteiger partial charge in [-0.05, 0) is 11.8 Å². The number of amides is 1. The van der Waals surface area contributed by atoms with Gasteiger partial charge < -0.3 is 10.6 Å². The molecule has 112 valence electrons. The summed E-state index contributed by atoms with van der Waals surface area (Å²) < 4.78 is 0. The molecule has 5 heteroatoms. The van der Waals surface area contributed by atoms with Crippen molar-refractivity contribution in [2.24, 2.45) is 11.1 Å². The van der Waals surface area contributed by atoms with E-state index >= 15 is 0 Å². The lowest BCUT2D eigenvalue weighted by atomic mass is 9.79. The minimum absolute atomic E-state index is 0.00722. The number of carbonyl (C=O) groups is 1. The summed E-state index contributed by atoms with van der Waals surface area (Å²) in [6, 6.07) is 0.165. The molecular weight excluding hydrogens is 270 g/mol. The van der Waals surface area contributed by atoms with E-state index in [-0.39, 0.29) is 22.8 Å². The van der Waals surface area contributed by atoms with Crippen LogP contribution in [0.1, 0.15) is 55.7 Å². The number of aromatic nitrogens is 1. The molecule has 20 heavy (non-hydrogen) atoms. The minimum Gasteiger partial charge on any atom is -0.337 e. The van der Waals surface area contributed by atoms with Crippen LogP contribution in [-0.4, -0.2) is 34.9 Å². The van der Waals surface area contributed by atoms with E-state index in [9.17, 15) is 4.79 Å². The van der Waals surface area contributed by atoms with Crippen molar-refractivity contribution in [3.8, 4) is 0 Å². The molecule has 0 spiro atoms. The molecule has 1 aromatic rings. The summed E-state index contributed by atoms with van der Waals surface area (Å²) in [6.07, 6.45) is 2.58. The zero-order chi connectivity index (χ0) is 15.1. The van der Waals surface area contributed by atoms with Gasteiger partial charge in [0.25, 0.3) is 5.91 Å². The first-order chi connectivity index (χ1) is 9.11. The fraction of sp³-hybridized carbons (Fsp3) is 0.733. The highest BCUT2D eigenvalue weighted by molar-refractivity contribution is 7.13. The Morgan fingerprint density at radius 2 is 2.15 bits per heavy atom. The molecule has 1 aliphatic heterocycles. The molecule has 2 rings (SSSR count). The number of rotatable bonds is 1. The number of hydrogen-bond donors (Lipinski definition) is 1. The third-order valence-corrected chi connectivity index (χ3v) is 5.37. The Morgan fingerprint density at radius 1 is 1.50 bits per heavy atom. The average molecular weight is 295 g/mol. The van der Waals surface area contributed by atoms with Gasteiger partial charge >= 0.3 is 0 Å². The van der Waals surface area contributed by atoms with Gasteiger partial charge in [-0.25, -0.2) is 4.98 Å². The second-order valence-electron chi connectivity index (χ2n) is 7.39. The Morgan fingerprint density at radius 3 is 2.65 bits per heavy atom. The van der Waals surface area contributed by atoms with Crippen molar-refractivity contribution in [2.45, 2.75) is 52.5 Å². The van der Waals surface area contributed by atoms with Crippen LogP contribution in [0, 0.1) is 5.41 Å². The molecule has 1 aromatic heterocycles. The fourth-order valence-corrected chi connectivity index (χ4v) is 3.36. The van der Waals surface area contributed by atoms with E-state index in [1.807, 2.05) is 4.90 Å². The monoisotopic (exact) mass is 295 g/mol. The first kappa shape index (κ1) is 15.4. The van der Waals surface area contributed by atoms with Gasteiger partial charge in [-0.2, -0.15) is 0 Å². The average Bonchev–Trinajstić information content (AvgIpc) is 2.80. The highest BCUT2D eigenvalue weighted by Crippen LogP contribution is 2.31. The topological polar surface area (TPSA) is 59.2 Å². The maximum Gasteiger partial charge on any atom is 0.265 e. The summed E-state index contributed by atoms with van der Waals surface area (Å²) in [7, 11) is 0. The quantitative estimate of drug-likeness (QED) is 0.866. The highest BCUT2D eigenvalue weighted by atomic mass is 32.1. The predicted molar refractivity (Wildman–Crippen MR) is 83.1 cm³/mol. The van der Waals surface area contributed by atoms with Crippen molar-refractivity contribution in [1.82, 2.24) is 9.88 Å². The van der Waals surface area contributed by atoms with Crippen LogP contribution in [0.3, 0.4) is 0 Å². The Bertz CT molecular complexity index is 501. The molecule has 0 radical (unpaired) electrons. The van der Waals surface area contributed by atoms with Gasteiger partial charge in [-0.1, -0.05) is 34.6 Å². The Kier molecular flexibility index (Phi) is 3.95. The Balaban J connectivity index is 2.14. The lowest BCUT2D eigenvalue weighted by Crippen LogP contribution is -2.53. The van der Waals surface area contributed by atoms with E-state index < -0.39 is 0 Å². The standard InChI is InChI=1S/C15H25N3OS/c1-14(2,3)13-17-8-10(20-13)12(19)18-7-6-11(16)15(4,5)9-18/h8,11H,6-7,9,16H2,1-5H3. The van der Waals surface area contributed by atoms with Gasteiger partial charge in [0.15, 0.2) is 0 Å². The van der Waals surface area contributed by atoms with E-state index in [0.717, 1.165) is 29.4 Å². The van der Waals surface area contributed by atoms with Crippen LogP contribution in [-0.2, 0) is 5.41 Å². The maximum atomic E-state index is 12.6. The SMILES string of the molecule is CC(C)(C)c1ncc(C(=O)N2CCC(N)C(C)(C)C2)s1. The molecule has 0 aliphatic carbocycles. The molecular formula is C15H25N3OS. The number of carbonyl (C=O) groups excluding carboxylic acids is 1. The summed E-state index contributed by atoms with van der Waals surface area (Å²) in [5.41, 5.74) is 6.10. The molecule has 2 N–H and O–H groups in total. The molecule has 4 nitrogen and oxygen atoms in total. The molecule has 1 fully saturated rings. The normalized spacial score (nSPS) is 22.9. The third-order valence-electron chi connectivity index (χ3n) is 3.96. The van der Waals surface area contributed by atoms with Crippen LogP contribution in [0.5, 0.6) is 0 Å². The van der Waals surface area contributed by atoms with E-state index in [1.165, 1.54) is 11.3 Å². The molecule has 1 atom stereocenters. The summed E-state index contributed by atoms with van der Waals surface area (Å²) >= 11 is 1.51. The second-order valence-corrected chi connectivity index (χ2v) is 8.42. The van der Waals surface area contributed by atoms with Crippen LogP contribution in [0.15, 0.2) is 6.20 Å². The summed E-state index contributed by atoms with van der Waals surface area (Å²) in [4.78, 5) is 19.6.